The highest BCUT2D eigenvalue weighted by Gasteiger charge is 2.39. The van der Waals surface area contributed by atoms with Gasteiger partial charge in [0.1, 0.15) is 11.5 Å². The van der Waals surface area contributed by atoms with E-state index >= 15 is 0 Å². The van der Waals surface area contributed by atoms with Crippen LogP contribution in [-0.4, -0.2) is 57.3 Å². The fourth-order valence-corrected chi connectivity index (χ4v) is 4.14. The van der Waals surface area contributed by atoms with Gasteiger partial charge in [0, 0.05) is 20.3 Å². The van der Waals surface area contributed by atoms with Crippen LogP contribution in [0, 0.1) is 0 Å². The van der Waals surface area contributed by atoms with Gasteiger partial charge in [-0.15, -0.1) is 5.10 Å². The summed E-state index contributed by atoms with van der Waals surface area (Å²) in [6.07, 6.45) is 3.50. The molecule has 3 rings (SSSR count). The van der Waals surface area contributed by atoms with E-state index < -0.39 is 26.5 Å². The first kappa shape index (κ1) is 17.8. The Kier molecular flexibility index (Phi) is 4.75. The van der Waals surface area contributed by atoms with E-state index in [0.717, 1.165) is 0 Å². The highest BCUT2D eigenvalue weighted by atomic mass is 35.5. The summed E-state index contributed by atoms with van der Waals surface area (Å²) in [5, 5.41) is 10.6. The Morgan fingerprint density at radius 1 is 1.40 bits per heavy atom. The van der Waals surface area contributed by atoms with Crippen molar-refractivity contribution >= 4 is 27.5 Å². The van der Waals surface area contributed by atoms with Crippen molar-refractivity contribution in [2.24, 2.45) is 7.05 Å². The quantitative estimate of drug-likeness (QED) is 0.720. The summed E-state index contributed by atoms with van der Waals surface area (Å²) in [7, 11) is -2.62. The lowest BCUT2D eigenvalue weighted by Gasteiger charge is -2.35. The largest absolute Gasteiger partial charge is 0.381 e. The third-order valence-electron chi connectivity index (χ3n) is 4.09. The number of aryl methyl sites for hydroxylation is 1. The van der Waals surface area contributed by atoms with Gasteiger partial charge >= 0.3 is 0 Å². The lowest BCUT2D eigenvalue weighted by molar-refractivity contribution is -0.123. The van der Waals surface area contributed by atoms with Gasteiger partial charge in [0.25, 0.3) is 10.0 Å². The van der Waals surface area contributed by atoms with E-state index in [0.29, 0.717) is 26.1 Å². The Balaban J connectivity index is 1.79. The lowest BCUT2D eigenvalue weighted by atomic mass is 9.86. The molecule has 25 heavy (non-hydrogen) atoms. The molecule has 136 valence electrons. The predicted molar refractivity (Wildman–Crippen MR) is 84.0 cm³/mol. The fourth-order valence-electron chi connectivity index (χ4n) is 2.72. The molecular weight excluding hydrogens is 374 g/mol. The molecule has 1 aliphatic heterocycles. The summed E-state index contributed by atoms with van der Waals surface area (Å²) in [6, 6.07) is 0. The highest BCUT2D eigenvalue weighted by molar-refractivity contribution is 7.90. The zero-order valence-corrected chi connectivity index (χ0v) is 14.9. The number of imidazole rings is 1. The molecule has 1 fully saturated rings. The molecule has 2 aromatic heterocycles. The maximum Gasteiger partial charge on any atom is 0.284 e. The molecule has 0 unspecified atom stereocenters. The number of ether oxygens (including phenoxy) is 1. The molecule has 0 atom stereocenters. The normalized spacial score (nSPS) is 17.4. The van der Waals surface area contributed by atoms with E-state index in [1.807, 2.05) is 4.72 Å². The summed E-state index contributed by atoms with van der Waals surface area (Å²) < 4.78 is 34.8. The third-order valence-corrected chi connectivity index (χ3v) is 5.95. The molecule has 2 aromatic rings. The minimum atomic E-state index is -4.17. The summed E-state index contributed by atoms with van der Waals surface area (Å²) in [5.41, 5.74) is -0.741. The number of rotatable bonds is 5. The zero-order chi connectivity index (χ0) is 18.1. The second-order valence-corrected chi connectivity index (χ2v) is 7.70. The van der Waals surface area contributed by atoms with Gasteiger partial charge in [-0.1, -0.05) is 11.6 Å². The minimum Gasteiger partial charge on any atom is -0.381 e. The molecule has 3 heterocycles. The van der Waals surface area contributed by atoms with E-state index in [1.165, 1.54) is 21.9 Å². The van der Waals surface area contributed by atoms with Crippen LogP contribution in [0.5, 0.6) is 0 Å². The van der Waals surface area contributed by atoms with Gasteiger partial charge < -0.3 is 9.30 Å². The molecule has 0 bridgehead atoms. The monoisotopic (exact) mass is 389 g/mol. The van der Waals surface area contributed by atoms with E-state index in [1.54, 1.807) is 7.05 Å². The van der Waals surface area contributed by atoms with E-state index in [-0.39, 0.29) is 11.6 Å². The average Bonchev–Trinajstić information content (AvgIpc) is 3.19. The van der Waals surface area contributed by atoms with Crippen molar-refractivity contribution in [2.45, 2.75) is 29.8 Å². The van der Waals surface area contributed by atoms with Gasteiger partial charge in [-0.3, -0.25) is 4.79 Å². The number of carbonyl (C=O) groups is 1. The Morgan fingerprint density at radius 3 is 2.68 bits per heavy atom. The molecule has 0 spiro atoms. The Labute approximate surface area is 148 Å². The third kappa shape index (κ3) is 3.50. The van der Waals surface area contributed by atoms with Gasteiger partial charge in [0.05, 0.1) is 18.3 Å². The number of aromatic nitrogens is 6. The van der Waals surface area contributed by atoms with Crippen molar-refractivity contribution in [1.82, 2.24) is 34.5 Å². The van der Waals surface area contributed by atoms with Crippen LogP contribution >= 0.6 is 11.6 Å². The summed E-state index contributed by atoms with van der Waals surface area (Å²) in [5.74, 6) is -0.695. The fraction of sp³-hybridized carbons (Fsp3) is 0.583. The van der Waals surface area contributed by atoms with Gasteiger partial charge in [-0.25, -0.2) is 14.4 Å². The predicted octanol–water partition coefficient (Wildman–Crippen LogP) is -0.539. The number of sulfonamides is 1. The number of hydrogen-bond donors (Lipinski definition) is 1. The molecule has 0 saturated carbocycles. The number of nitrogens with one attached hydrogen (secondary N) is 1. The van der Waals surface area contributed by atoms with Crippen molar-refractivity contribution < 1.29 is 17.9 Å². The average molecular weight is 390 g/mol. The van der Waals surface area contributed by atoms with Crippen molar-refractivity contribution in [3.8, 4) is 0 Å². The SMILES string of the molecule is Cn1cnc(S(=O)(=O)NC(=O)CC2(n3cnnn3)CCOCC2)c1Cl. The second-order valence-electron chi connectivity index (χ2n) is 5.75. The van der Waals surface area contributed by atoms with Crippen LogP contribution in [-0.2, 0) is 32.1 Å². The first-order chi connectivity index (χ1) is 11.8. The molecule has 0 aromatic carbocycles. The summed E-state index contributed by atoms with van der Waals surface area (Å²) in [6.45, 7) is 0.845. The summed E-state index contributed by atoms with van der Waals surface area (Å²) >= 11 is 5.90. The Morgan fingerprint density at radius 2 is 2.12 bits per heavy atom. The first-order valence-electron chi connectivity index (χ1n) is 7.38. The number of halogens is 1. The number of hydrogen-bond acceptors (Lipinski definition) is 8. The van der Waals surface area contributed by atoms with E-state index in [2.05, 4.69) is 20.5 Å². The molecule has 1 N–H and O–H groups in total. The standard InChI is InChI=1S/C12H16ClN7O4S/c1-19-7-14-11(10(19)13)25(22,23)16-9(21)6-12(2-4-24-5-3-12)20-8-15-17-18-20/h7-8H,2-6H2,1H3,(H,16,21). The Hall–Kier alpha value is -2.05. The van der Waals surface area contributed by atoms with Crippen LogP contribution in [0.4, 0.5) is 0 Å². The second kappa shape index (κ2) is 6.69. The molecule has 11 nitrogen and oxygen atoms in total. The van der Waals surface area contributed by atoms with Crippen LogP contribution in [0.15, 0.2) is 17.7 Å². The molecule has 1 amide bonds. The highest BCUT2D eigenvalue weighted by Crippen LogP contribution is 2.32. The van der Waals surface area contributed by atoms with Crippen LogP contribution in [0.25, 0.3) is 0 Å². The first-order valence-corrected chi connectivity index (χ1v) is 9.24. The van der Waals surface area contributed by atoms with Gasteiger partial charge in [-0.2, -0.15) is 8.42 Å². The molecule has 1 saturated heterocycles. The van der Waals surface area contributed by atoms with Crippen LogP contribution < -0.4 is 4.72 Å². The van der Waals surface area contributed by atoms with Crippen molar-refractivity contribution in [2.75, 3.05) is 13.2 Å². The lowest BCUT2D eigenvalue weighted by Crippen LogP contribution is -2.45. The van der Waals surface area contributed by atoms with Crippen molar-refractivity contribution in [1.29, 1.82) is 0 Å². The van der Waals surface area contributed by atoms with Crippen LogP contribution in [0.1, 0.15) is 19.3 Å². The molecule has 1 aliphatic rings. The number of nitrogens with zero attached hydrogens (tertiary/aromatic N) is 6. The molecule has 0 radical (unpaired) electrons. The van der Waals surface area contributed by atoms with Gasteiger partial charge in [0.2, 0.25) is 10.9 Å². The van der Waals surface area contributed by atoms with Gasteiger partial charge in [0.15, 0.2) is 0 Å². The number of tetrazole rings is 1. The van der Waals surface area contributed by atoms with Crippen molar-refractivity contribution in [3.63, 3.8) is 0 Å². The number of carbonyl (C=O) groups excluding carboxylic acids is 1. The molecular formula is C12H16ClN7O4S. The van der Waals surface area contributed by atoms with Crippen LogP contribution in [0.2, 0.25) is 5.15 Å². The van der Waals surface area contributed by atoms with Gasteiger partial charge in [-0.05, 0) is 23.3 Å². The van der Waals surface area contributed by atoms with Crippen LogP contribution in [0.3, 0.4) is 0 Å². The van der Waals surface area contributed by atoms with E-state index in [9.17, 15) is 13.2 Å². The smallest absolute Gasteiger partial charge is 0.284 e. The molecule has 0 aliphatic carbocycles. The zero-order valence-electron chi connectivity index (χ0n) is 13.3. The Bertz CT molecular complexity index is 858. The summed E-state index contributed by atoms with van der Waals surface area (Å²) in [4.78, 5) is 16.2. The topological polar surface area (TPSA) is 134 Å². The molecule has 13 heteroatoms. The van der Waals surface area contributed by atoms with Crippen molar-refractivity contribution in [3.05, 3.63) is 17.8 Å². The van der Waals surface area contributed by atoms with E-state index in [4.69, 9.17) is 16.3 Å². The number of amides is 1. The maximum atomic E-state index is 12.4. The minimum absolute atomic E-state index is 0.0819. The maximum absolute atomic E-state index is 12.4.